The number of aromatic nitrogens is 3. The van der Waals surface area contributed by atoms with Gasteiger partial charge in [-0.2, -0.15) is 9.97 Å². The maximum Gasteiger partial charge on any atom is 0.352 e. The third-order valence-corrected chi connectivity index (χ3v) is 4.48. The second kappa shape index (κ2) is 7.49. The summed E-state index contributed by atoms with van der Waals surface area (Å²) in [6.45, 7) is 4.19. The predicted molar refractivity (Wildman–Crippen MR) is 104 cm³/mol. The molecule has 2 N–H and O–H groups in total. The number of rotatable bonds is 5. The SMILES string of the molecule is CCc1cccc(CC)c1-c1nc(N(N)c2ccccc2)nc(=O)n1C. The van der Waals surface area contributed by atoms with Crippen molar-refractivity contribution in [1.29, 1.82) is 0 Å². The molecule has 6 nitrogen and oxygen atoms in total. The summed E-state index contributed by atoms with van der Waals surface area (Å²) < 4.78 is 1.48. The number of hydrogen-bond donors (Lipinski definition) is 1. The zero-order valence-corrected chi connectivity index (χ0v) is 15.3. The van der Waals surface area contributed by atoms with Gasteiger partial charge >= 0.3 is 5.69 Å². The summed E-state index contributed by atoms with van der Waals surface area (Å²) in [5, 5.41) is 1.34. The van der Waals surface area contributed by atoms with Gasteiger partial charge in [0.25, 0.3) is 5.95 Å². The van der Waals surface area contributed by atoms with Gasteiger partial charge in [0, 0.05) is 12.6 Å². The van der Waals surface area contributed by atoms with Crippen molar-refractivity contribution >= 4 is 11.6 Å². The minimum atomic E-state index is -0.385. The molecule has 1 heterocycles. The summed E-state index contributed by atoms with van der Waals surface area (Å²) in [4.78, 5) is 21.2. The molecule has 3 rings (SSSR count). The second-order valence-electron chi connectivity index (χ2n) is 6.05. The third-order valence-electron chi connectivity index (χ3n) is 4.48. The third kappa shape index (κ3) is 3.23. The quantitative estimate of drug-likeness (QED) is 0.566. The van der Waals surface area contributed by atoms with Gasteiger partial charge in [0.15, 0.2) is 0 Å². The average Bonchev–Trinajstić information content (AvgIpc) is 2.69. The van der Waals surface area contributed by atoms with Crippen LogP contribution in [0.15, 0.2) is 53.3 Å². The van der Waals surface area contributed by atoms with Crippen molar-refractivity contribution in [2.45, 2.75) is 26.7 Å². The maximum absolute atomic E-state index is 12.5. The van der Waals surface area contributed by atoms with E-state index in [4.69, 9.17) is 5.84 Å². The number of nitrogens with zero attached hydrogens (tertiary/aromatic N) is 4. The molecule has 0 radical (unpaired) electrons. The summed E-state index contributed by atoms with van der Waals surface area (Å²) in [7, 11) is 1.69. The minimum Gasteiger partial charge on any atom is -0.279 e. The zero-order valence-electron chi connectivity index (χ0n) is 15.3. The van der Waals surface area contributed by atoms with Crippen LogP contribution < -0.4 is 16.5 Å². The van der Waals surface area contributed by atoms with E-state index in [2.05, 4.69) is 35.9 Å². The van der Waals surface area contributed by atoms with E-state index in [9.17, 15) is 4.79 Å². The molecule has 134 valence electrons. The first kappa shape index (κ1) is 17.8. The second-order valence-corrected chi connectivity index (χ2v) is 6.05. The number of para-hydroxylation sites is 1. The Morgan fingerprint density at radius 3 is 2.15 bits per heavy atom. The molecule has 6 heteroatoms. The first-order valence-corrected chi connectivity index (χ1v) is 8.72. The Bertz CT molecular complexity index is 943. The predicted octanol–water partition coefficient (Wildman–Crippen LogP) is 2.98. The lowest BCUT2D eigenvalue weighted by Gasteiger charge is -2.19. The van der Waals surface area contributed by atoms with Gasteiger partial charge < -0.3 is 0 Å². The average molecular weight is 349 g/mol. The van der Waals surface area contributed by atoms with E-state index in [1.54, 1.807) is 7.05 Å². The van der Waals surface area contributed by atoms with Crippen LogP contribution in [0.4, 0.5) is 11.6 Å². The van der Waals surface area contributed by atoms with Crippen LogP contribution in [0.2, 0.25) is 0 Å². The van der Waals surface area contributed by atoms with Gasteiger partial charge in [-0.3, -0.25) is 4.57 Å². The Morgan fingerprint density at radius 1 is 0.962 bits per heavy atom. The molecule has 0 fully saturated rings. The smallest absolute Gasteiger partial charge is 0.279 e. The van der Waals surface area contributed by atoms with Gasteiger partial charge in [-0.25, -0.2) is 15.6 Å². The lowest BCUT2D eigenvalue weighted by molar-refractivity contribution is 0.768. The van der Waals surface area contributed by atoms with E-state index in [0.29, 0.717) is 11.5 Å². The number of nitrogens with two attached hydrogens (primary N) is 1. The number of aryl methyl sites for hydroxylation is 2. The van der Waals surface area contributed by atoms with Gasteiger partial charge in [0.05, 0.1) is 5.69 Å². The van der Waals surface area contributed by atoms with Crippen molar-refractivity contribution in [3.05, 3.63) is 70.1 Å². The Kier molecular flexibility index (Phi) is 5.14. The molecule has 1 aromatic heterocycles. The first-order valence-electron chi connectivity index (χ1n) is 8.72. The fourth-order valence-electron chi connectivity index (χ4n) is 3.01. The van der Waals surface area contributed by atoms with E-state index in [1.165, 1.54) is 9.58 Å². The van der Waals surface area contributed by atoms with Crippen LogP contribution in [-0.4, -0.2) is 14.5 Å². The molecule has 0 unspecified atom stereocenters. The highest BCUT2D eigenvalue weighted by molar-refractivity contribution is 5.67. The standard InChI is InChI=1S/C20H23N5O/c1-4-14-10-9-11-15(5-2)17(14)18-22-19(23-20(26)24(18)3)25(21)16-12-7-6-8-13-16/h6-13H,4-5,21H2,1-3H3. The van der Waals surface area contributed by atoms with Crippen molar-refractivity contribution in [2.24, 2.45) is 12.9 Å². The molecule has 0 spiro atoms. The van der Waals surface area contributed by atoms with Gasteiger partial charge in [0.2, 0.25) is 0 Å². The van der Waals surface area contributed by atoms with Gasteiger partial charge in [-0.15, -0.1) is 0 Å². The molecule has 0 aliphatic heterocycles. The highest BCUT2D eigenvalue weighted by Gasteiger charge is 2.18. The molecular weight excluding hydrogens is 326 g/mol. The normalized spacial score (nSPS) is 10.8. The van der Waals surface area contributed by atoms with Crippen LogP contribution in [0.25, 0.3) is 11.4 Å². The summed E-state index contributed by atoms with van der Waals surface area (Å²) >= 11 is 0. The lowest BCUT2D eigenvalue weighted by Crippen LogP contribution is -2.32. The Balaban J connectivity index is 2.22. The summed E-state index contributed by atoms with van der Waals surface area (Å²) in [6, 6.07) is 15.5. The van der Waals surface area contributed by atoms with Crippen molar-refractivity contribution in [3.63, 3.8) is 0 Å². The molecule has 3 aromatic rings. The molecule has 0 amide bonds. The van der Waals surface area contributed by atoms with Crippen molar-refractivity contribution in [3.8, 4) is 11.4 Å². The van der Waals surface area contributed by atoms with Crippen LogP contribution in [0, 0.1) is 0 Å². The van der Waals surface area contributed by atoms with Crippen molar-refractivity contribution < 1.29 is 0 Å². The molecule has 26 heavy (non-hydrogen) atoms. The molecule has 0 aliphatic rings. The van der Waals surface area contributed by atoms with Crippen molar-refractivity contribution in [2.75, 3.05) is 5.01 Å². The van der Waals surface area contributed by atoms with Crippen LogP contribution in [0.3, 0.4) is 0 Å². The molecule has 0 atom stereocenters. The number of hydrogen-bond acceptors (Lipinski definition) is 5. The number of benzene rings is 2. The van der Waals surface area contributed by atoms with Crippen molar-refractivity contribution in [1.82, 2.24) is 14.5 Å². The topological polar surface area (TPSA) is 77.0 Å². The van der Waals surface area contributed by atoms with E-state index in [0.717, 1.165) is 29.5 Å². The Hall–Kier alpha value is -2.99. The summed E-state index contributed by atoms with van der Waals surface area (Å²) in [5.41, 5.74) is 3.61. The molecular formula is C20H23N5O. The highest BCUT2D eigenvalue weighted by atomic mass is 16.1. The van der Waals surface area contributed by atoms with E-state index < -0.39 is 0 Å². The molecule has 0 saturated heterocycles. The monoisotopic (exact) mass is 349 g/mol. The number of hydrazine groups is 1. The molecule has 0 aliphatic carbocycles. The van der Waals surface area contributed by atoms with E-state index in [-0.39, 0.29) is 11.6 Å². The van der Waals surface area contributed by atoms with Crippen LogP contribution in [0.1, 0.15) is 25.0 Å². The van der Waals surface area contributed by atoms with Crippen LogP contribution in [-0.2, 0) is 19.9 Å². The molecule has 2 aromatic carbocycles. The fourth-order valence-corrected chi connectivity index (χ4v) is 3.01. The number of anilines is 2. The van der Waals surface area contributed by atoms with E-state index in [1.807, 2.05) is 36.4 Å². The highest BCUT2D eigenvalue weighted by Crippen LogP contribution is 2.28. The molecule has 0 bridgehead atoms. The Morgan fingerprint density at radius 2 is 1.58 bits per heavy atom. The zero-order chi connectivity index (χ0) is 18.7. The van der Waals surface area contributed by atoms with Gasteiger partial charge in [-0.1, -0.05) is 50.2 Å². The summed E-state index contributed by atoms with van der Waals surface area (Å²) in [5.74, 6) is 6.95. The summed E-state index contributed by atoms with van der Waals surface area (Å²) in [6.07, 6.45) is 1.70. The van der Waals surface area contributed by atoms with Crippen LogP contribution in [0.5, 0.6) is 0 Å². The first-order chi connectivity index (χ1) is 12.6. The fraction of sp³-hybridized carbons (Fsp3) is 0.250. The minimum absolute atomic E-state index is 0.183. The van der Waals surface area contributed by atoms with Gasteiger partial charge in [-0.05, 0) is 36.1 Å². The van der Waals surface area contributed by atoms with E-state index >= 15 is 0 Å². The van der Waals surface area contributed by atoms with Crippen LogP contribution >= 0.6 is 0 Å². The maximum atomic E-state index is 12.5. The van der Waals surface area contributed by atoms with Gasteiger partial charge in [0.1, 0.15) is 5.82 Å². The Labute approximate surface area is 152 Å². The largest absolute Gasteiger partial charge is 0.352 e. The molecule has 0 saturated carbocycles. The lowest BCUT2D eigenvalue weighted by atomic mass is 9.97.